The number of hydrogen-bond acceptors (Lipinski definition) is 1. The fourth-order valence-electron chi connectivity index (χ4n) is 2.37. The zero-order valence-electron chi connectivity index (χ0n) is 8.63. The van der Waals surface area contributed by atoms with Crippen molar-refractivity contribution in [2.75, 3.05) is 0 Å². The third-order valence-corrected chi connectivity index (χ3v) is 3.19. The first-order chi connectivity index (χ1) is 5.52. The van der Waals surface area contributed by atoms with E-state index >= 15 is 0 Å². The summed E-state index contributed by atoms with van der Waals surface area (Å²) in [6.07, 6.45) is 1.67. The highest BCUT2D eigenvalue weighted by molar-refractivity contribution is 5.81. The first-order valence-corrected chi connectivity index (χ1v) is 5.04. The molecule has 1 aliphatic rings. The molecule has 1 nitrogen and oxygen atoms in total. The van der Waals surface area contributed by atoms with Crippen molar-refractivity contribution in [3.05, 3.63) is 0 Å². The molecule has 0 saturated heterocycles. The average molecular weight is 168 g/mol. The first-order valence-electron chi connectivity index (χ1n) is 5.04. The first kappa shape index (κ1) is 9.76. The van der Waals surface area contributed by atoms with E-state index in [0.717, 1.165) is 12.8 Å². The van der Waals surface area contributed by atoms with Gasteiger partial charge in [0.15, 0.2) is 0 Å². The van der Waals surface area contributed by atoms with E-state index in [1.807, 2.05) is 0 Å². The van der Waals surface area contributed by atoms with E-state index in [0.29, 0.717) is 29.5 Å². The number of carbonyl (C=O) groups excluding carboxylic acids is 1. The van der Waals surface area contributed by atoms with Crippen LogP contribution >= 0.6 is 0 Å². The van der Waals surface area contributed by atoms with Gasteiger partial charge in [0, 0.05) is 12.8 Å². The summed E-state index contributed by atoms with van der Waals surface area (Å²) in [5.74, 6) is 3.12. The highest BCUT2D eigenvalue weighted by Gasteiger charge is 2.36. The quantitative estimate of drug-likeness (QED) is 0.619. The monoisotopic (exact) mass is 168 g/mol. The van der Waals surface area contributed by atoms with Crippen molar-refractivity contribution in [1.82, 2.24) is 0 Å². The maximum absolute atomic E-state index is 11.3. The van der Waals surface area contributed by atoms with Crippen LogP contribution in [0.4, 0.5) is 0 Å². The highest BCUT2D eigenvalue weighted by atomic mass is 16.1. The van der Waals surface area contributed by atoms with Crippen LogP contribution in [0.15, 0.2) is 0 Å². The van der Waals surface area contributed by atoms with Gasteiger partial charge in [0.25, 0.3) is 0 Å². The average Bonchev–Trinajstić information content (AvgIpc) is 2.31. The molecule has 0 heterocycles. The zero-order valence-corrected chi connectivity index (χ0v) is 8.63. The van der Waals surface area contributed by atoms with Crippen LogP contribution in [-0.4, -0.2) is 5.78 Å². The van der Waals surface area contributed by atoms with Gasteiger partial charge < -0.3 is 0 Å². The van der Waals surface area contributed by atoms with Crippen LogP contribution in [0.1, 0.15) is 40.5 Å². The molecule has 0 N–H and O–H groups in total. The molecule has 0 aromatic rings. The van der Waals surface area contributed by atoms with E-state index in [2.05, 4.69) is 27.7 Å². The molecular weight excluding hydrogens is 148 g/mol. The highest BCUT2D eigenvalue weighted by Crippen LogP contribution is 2.38. The molecule has 0 spiro atoms. The van der Waals surface area contributed by atoms with Gasteiger partial charge in [-0.2, -0.15) is 0 Å². The van der Waals surface area contributed by atoms with E-state index in [4.69, 9.17) is 0 Å². The molecule has 0 aromatic heterocycles. The number of ketones is 1. The lowest BCUT2D eigenvalue weighted by Gasteiger charge is -2.25. The molecule has 0 aromatic carbocycles. The number of Topliss-reactive ketones (excluding diaryl/α,β-unsaturated/α-hetero) is 1. The van der Waals surface area contributed by atoms with Crippen LogP contribution in [0.2, 0.25) is 0 Å². The number of rotatable bonds is 2. The lowest BCUT2D eigenvalue weighted by Crippen LogP contribution is -2.18. The van der Waals surface area contributed by atoms with E-state index in [1.54, 1.807) is 0 Å². The molecular formula is C11H20O. The zero-order chi connectivity index (χ0) is 9.30. The van der Waals surface area contributed by atoms with Gasteiger partial charge in [-0.15, -0.1) is 0 Å². The predicted octanol–water partition coefficient (Wildman–Crippen LogP) is 2.89. The number of carbonyl (C=O) groups is 1. The Labute approximate surface area is 75.5 Å². The van der Waals surface area contributed by atoms with Crippen LogP contribution < -0.4 is 0 Å². The summed E-state index contributed by atoms with van der Waals surface area (Å²) in [5, 5.41) is 0. The summed E-state index contributed by atoms with van der Waals surface area (Å²) in [5.41, 5.74) is 0. The second-order valence-corrected chi connectivity index (χ2v) is 4.76. The van der Waals surface area contributed by atoms with E-state index in [1.165, 1.54) is 0 Å². The smallest absolute Gasteiger partial charge is 0.133 e. The molecule has 0 unspecified atom stereocenters. The topological polar surface area (TPSA) is 17.1 Å². The van der Waals surface area contributed by atoms with Crippen molar-refractivity contribution in [1.29, 1.82) is 0 Å². The molecule has 70 valence electrons. The Morgan fingerprint density at radius 1 is 1.00 bits per heavy atom. The maximum atomic E-state index is 11.3. The van der Waals surface area contributed by atoms with Crippen LogP contribution in [0.5, 0.6) is 0 Å². The van der Waals surface area contributed by atoms with Gasteiger partial charge in [-0.3, -0.25) is 4.79 Å². The Balaban J connectivity index is 2.65. The summed E-state index contributed by atoms with van der Waals surface area (Å²) >= 11 is 0. The summed E-state index contributed by atoms with van der Waals surface area (Å²) in [6, 6.07) is 0. The third kappa shape index (κ3) is 1.88. The van der Waals surface area contributed by atoms with Crippen molar-refractivity contribution in [2.24, 2.45) is 23.7 Å². The van der Waals surface area contributed by atoms with E-state index in [-0.39, 0.29) is 0 Å². The second kappa shape index (κ2) is 3.59. The van der Waals surface area contributed by atoms with Crippen molar-refractivity contribution in [2.45, 2.75) is 40.5 Å². The Bertz CT molecular complexity index is 152. The molecule has 1 heteroatoms. The molecule has 0 radical (unpaired) electrons. The normalized spacial score (nSPS) is 30.7. The van der Waals surface area contributed by atoms with Crippen LogP contribution in [0.25, 0.3) is 0 Å². The summed E-state index contributed by atoms with van der Waals surface area (Å²) in [7, 11) is 0. The van der Waals surface area contributed by atoms with Crippen LogP contribution in [-0.2, 0) is 4.79 Å². The second-order valence-electron chi connectivity index (χ2n) is 4.76. The molecule has 1 aliphatic carbocycles. The predicted molar refractivity (Wildman–Crippen MR) is 50.9 cm³/mol. The minimum Gasteiger partial charge on any atom is -0.300 e. The van der Waals surface area contributed by atoms with Crippen molar-refractivity contribution < 1.29 is 4.79 Å². The van der Waals surface area contributed by atoms with Gasteiger partial charge >= 0.3 is 0 Å². The molecule has 0 amide bonds. The molecule has 2 atom stereocenters. The minimum absolute atomic E-state index is 0.479. The standard InChI is InChI=1S/C11H20O/c1-7(2)10-5-9(12)6-11(10)8(3)4/h7-8,10-11H,5-6H2,1-4H3/t10-,11+. The maximum Gasteiger partial charge on any atom is 0.133 e. The van der Waals surface area contributed by atoms with Crippen molar-refractivity contribution in [3.63, 3.8) is 0 Å². The van der Waals surface area contributed by atoms with Crippen molar-refractivity contribution in [3.8, 4) is 0 Å². The van der Waals surface area contributed by atoms with Gasteiger partial charge in [-0.25, -0.2) is 0 Å². The van der Waals surface area contributed by atoms with E-state index in [9.17, 15) is 4.79 Å². The Morgan fingerprint density at radius 3 is 1.58 bits per heavy atom. The molecule has 1 fully saturated rings. The summed E-state index contributed by atoms with van der Waals surface area (Å²) < 4.78 is 0. The lowest BCUT2D eigenvalue weighted by molar-refractivity contribution is -0.117. The van der Waals surface area contributed by atoms with E-state index < -0.39 is 0 Å². The Morgan fingerprint density at radius 2 is 1.33 bits per heavy atom. The van der Waals surface area contributed by atoms with Crippen LogP contribution in [0, 0.1) is 23.7 Å². The number of hydrogen-bond donors (Lipinski definition) is 0. The summed E-state index contributed by atoms with van der Waals surface area (Å²) in [6.45, 7) is 8.94. The Kier molecular flexibility index (Phi) is 2.92. The molecule has 0 bridgehead atoms. The molecule has 1 rings (SSSR count). The third-order valence-electron chi connectivity index (χ3n) is 3.19. The Hall–Kier alpha value is -0.330. The van der Waals surface area contributed by atoms with Crippen LogP contribution in [0.3, 0.4) is 0 Å². The van der Waals surface area contributed by atoms with Crippen molar-refractivity contribution >= 4 is 5.78 Å². The fraction of sp³-hybridized carbons (Fsp3) is 0.909. The van der Waals surface area contributed by atoms with Gasteiger partial charge in [0.1, 0.15) is 5.78 Å². The van der Waals surface area contributed by atoms with Gasteiger partial charge in [0.05, 0.1) is 0 Å². The molecule has 1 saturated carbocycles. The SMILES string of the molecule is CC(C)[C@H]1CC(=O)C[C@H]1C(C)C. The van der Waals surface area contributed by atoms with Gasteiger partial charge in [-0.05, 0) is 23.7 Å². The molecule has 12 heavy (non-hydrogen) atoms. The summed E-state index contributed by atoms with van der Waals surface area (Å²) in [4.78, 5) is 11.3. The lowest BCUT2D eigenvalue weighted by atomic mass is 9.80. The minimum atomic E-state index is 0.479. The van der Waals surface area contributed by atoms with Gasteiger partial charge in [0.2, 0.25) is 0 Å². The largest absolute Gasteiger partial charge is 0.300 e. The fourth-order valence-corrected chi connectivity index (χ4v) is 2.37. The molecule has 0 aliphatic heterocycles. The van der Waals surface area contributed by atoms with Gasteiger partial charge in [-0.1, -0.05) is 27.7 Å².